The van der Waals surface area contributed by atoms with Gasteiger partial charge in [-0.3, -0.25) is 0 Å². The monoisotopic (exact) mass is 1150 g/mol. The molecule has 404 valence electrons. The molecule has 0 heterocycles. The van der Waals surface area contributed by atoms with Crippen LogP contribution in [0.3, 0.4) is 0 Å². The molecule has 0 bridgehead atoms. The second-order valence-electron chi connectivity index (χ2n) is 12.9. The largest absolute Gasteiger partial charge is 0.668 e. The molecule has 0 aromatic rings. The van der Waals surface area contributed by atoms with E-state index in [-0.39, 0.29) is 0 Å². The molecule has 0 spiro atoms. The second kappa shape index (κ2) is 35.3. The summed E-state index contributed by atoms with van der Waals surface area (Å²) in [5.41, 5.74) is 0. The summed E-state index contributed by atoms with van der Waals surface area (Å²) in [5.74, 6) is 0. The Hall–Kier alpha value is 1.09. The first kappa shape index (κ1) is 73.6. The Labute approximate surface area is 405 Å². The Morgan fingerprint density at radius 1 is 0.258 bits per heavy atom. The molecule has 0 amide bonds. The first-order valence-corrected chi connectivity index (χ1v) is 40.3. The Morgan fingerprint density at radius 2 is 0.470 bits per heavy atom. The molecule has 0 aromatic heterocycles. The van der Waals surface area contributed by atoms with E-state index in [0.29, 0.717) is 6.61 Å². The van der Waals surface area contributed by atoms with Gasteiger partial charge in [-0.25, -0.2) is 0 Å². The zero-order chi connectivity index (χ0) is 52.8. The Bertz CT molecular complexity index is 1120. The highest BCUT2D eigenvalue weighted by Gasteiger charge is 2.64. The van der Waals surface area contributed by atoms with Crippen molar-refractivity contribution in [2.45, 2.75) is 66.6 Å². The Morgan fingerprint density at radius 3 is 0.667 bits per heavy atom. The van der Waals surface area contributed by atoms with Crippen LogP contribution in [-0.2, 0) is 109 Å². The zero-order valence-electron chi connectivity index (χ0n) is 44.2. The number of hydrogen-bond acceptors (Lipinski definition) is 27. The number of hydrogen-bond donors (Lipinski definition) is 2. The fraction of sp³-hybridized carbons (Fsp3) is 1.00. The topological polar surface area (TPSA) is 271 Å². The van der Waals surface area contributed by atoms with Gasteiger partial charge in [0.1, 0.15) is 0 Å². The van der Waals surface area contributed by atoms with E-state index in [1.165, 1.54) is 114 Å². The van der Waals surface area contributed by atoms with Gasteiger partial charge in [0.25, 0.3) is 0 Å². The van der Waals surface area contributed by atoms with Gasteiger partial charge in [0, 0.05) is 166 Å². The van der Waals surface area contributed by atoms with E-state index in [1.54, 1.807) is 32.7 Å². The van der Waals surface area contributed by atoms with Crippen LogP contribution in [0.4, 0.5) is 0 Å². The van der Waals surface area contributed by atoms with Crippen molar-refractivity contribution in [2.24, 2.45) is 0 Å². The van der Waals surface area contributed by atoms with Crippen LogP contribution >= 0.6 is 0 Å². The van der Waals surface area contributed by atoms with Crippen molar-refractivity contribution in [3.05, 3.63) is 0 Å². The first-order valence-electron chi connectivity index (χ1n) is 19.8. The molecule has 37 heteroatoms. The third kappa shape index (κ3) is 28.4. The van der Waals surface area contributed by atoms with Crippen LogP contribution < -0.4 is 0 Å². The summed E-state index contributed by atoms with van der Waals surface area (Å²) in [6.45, 7) is 20.1. The molecule has 0 aliphatic rings. The van der Waals surface area contributed by atoms with Crippen molar-refractivity contribution in [2.75, 3.05) is 134 Å². The SMILES string of the molecule is CCO[Si](C)(C)OCC.CCO[Si](C)(OC)O[Si](O)(OC)OC.CO[Si](C)(OC)O[Si](O)(OC)OC.CO[Si](C)(OC)O[Si](OC)(OC)O[Si](C)(OC)O[Si](OC)(OC)O[Si](C)(OC)OC. The predicted molar refractivity (Wildman–Crippen MR) is 257 cm³/mol. The summed E-state index contributed by atoms with van der Waals surface area (Å²) < 4.78 is 133. The fourth-order valence-corrected chi connectivity index (χ4v) is 27.1. The van der Waals surface area contributed by atoms with Crippen molar-refractivity contribution in [1.29, 1.82) is 0 Å². The summed E-state index contributed by atoms with van der Waals surface area (Å²) in [6, 6.07) is 0. The third-order valence-electron chi connectivity index (χ3n) is 8.26. The second-order valence-corrected chi connectivity index (χ2v) is 40.8. The lowest BCUT2D eigenvalue weighted by Crippen LogP contribution is -2.68. The number of rotatable bonds is 34. The van der Waals surface area contributed by atoms with Gasteiger partial charge < -0.3 is 118 Å². The lowest BCUT2D eigenvalue weighted by atomic mass is 10.9. The highest BCUT2D eigenvalue weighted by atomic mass is 28.5. The van der Waals surface area contributed by atoms with Crippen LogP contribution in [0, 0.1) is 0 Å². The van der Waals surface area contributed by atoms with Crippen LogP contribution in [-0.4, -0.2) is 232 Å². The van der Waals surface area contributed by atoms with E-state index in [2.05, 4.69) is 13.1 Å². The van der Waals surface area contributed by atoms with Gasteiger partial charge in [0.05, 0.1) is 0 Å². The summed E-state index contributed by atoms with van der Waals surface area (Å²) in [4.78, 5) is 19.2. The van der Waals surface area contributed by atoms with E-state index in [0.717, 1.165) is 13.2 Å². The highest BCUT2D eigenvalue weighted by molar-refractivity contribution is 6.82. The van der Waals surface area contributed by atoms with Crippen molar-refractivity contribution in [3.63, 3.8) is 0 Å². The third-order valence-corrected chi connectivity index (χ3v) is 36.0. The minimum atomic E-state index is -3.85. The quantitative estimate of drug-likeness (QED) is 0.0869. The van der Waals surface area contributed by atoms with Crippen LogP contribution in [0.15, 0.2) is 0 Å². The molecule has 27 nitrogen and oxygen atoms in total. The van der Waals surface area contributed by atoms with Crippen molar-refractivity contribution in [3.8, 4) is 0 Å². The van der Waals surface area contributed by atoms with E-state index in [9.17, 15) is 9.59 Å². The molecule has 0 aliphatic heterocycles. The lowest BCUT2D eigenvalue weighted by molar-refractivity contribution is -0.00820. The molecule has 0 saturated heterocycles. The molecule has 0 rings (SSSR count). The molecule has 0 aliphatic carbocycles. The Balaban J connectivity index is -0.000000441. The van der Waals surface area contributed by atoms with Gasteiger partial charge in [-0.1, -0.05) is 0 Å². The standard InChI is InChI=1S/C12H36O13Si5.C6H18O6Si2.C6H16O2Si.C5H16O6Si2/c1-13-26(10,14-2)22-29(18-6,19-7)24-28(12,17-5)25-30(20-8,21-9)23-27(11,15-3)16-4;1-6-11-13(5,8-2)12-14(7,9-3)10-4;1-5-7-9(3,4)8-6-2;1-7-12(5,8-2)11-13(6,9-3)10-4/h1-12H3;7H,6H2,1-5H3;5-6H2,1-4H3;6H,1-5H3. The van der Waals surface area contributed by atoms with Crippen LogP contribution in [0.25, 0.3) is 0 Å². The molecule has 66 heavy (non-hydrogen) atoms. The van der Waals surface area contributed by atoms with Crippen molar-refractivity contribution < 1.29 is 118 Å². The zero-order valence-corrected chi connectivity index (χ0v) is 54.2. The van der Waals surface area contributed by atoms with Crippen molar-refractivity contribution >= 4 is 88.8 Å². The maximum Gasteiger partial charge on any atom is 0.668 e. The molecule has 2 N–H and O–H groups in total. The minimum absolute atomic E-state index is 0.439. The van der Waals surface area contributed by atoms with Gasteiger partial charge >= 0.3 is 88.8 Å². The van der Waals surface area contributed by atoms with Gasteiger partial charge in [0.2, 0.25) is 0 Å². The maximum atomic E-state index is 9.67. The smallest absolute Gasteiger partial charge is 0.395 e. The normalized spacial score (nSPS) is 14.4. The molecule has 1 atom stereocenters. The van der Waals surface area contributed by atoms with E-state index in [1.807, 2.05) is 20.8 Å². The molecular formula is C29H86O27Si10. The molecule has 0 fully saturated rings. The fourth-order valence-electron chi connectivity index (χ4n) is 3.99. The molecule has 0 saturated carbocycles. The minimum Gasteiger partial charge on any atom is -0.395 e. The van der Waals surface area contributed by atoms with E-state index >= 15 is 0 Å². The Kier molecular flexibility index (Phi) is 39.4. The van der Waals surface area contributed by atoms with Crippen LogP contribution in [0.2, 0.25) is 45.8 Å². The molecular weight excluding hydrogens is 1060 g/mol. The average molecular weight is 1150 g/mol. The predicted octanol–water partition coefficient (Wildman–Crippen LogP) is 1.77. The van der Waals surface area contributed by atoms with Gasteiger partial charge in [-0.15, -0.1) is 0 Å². The molecule has 0 radical (unpaired) electrons. The molecule has 0 aromatic carbocycles. The summed E-state index contributed by atoms with van der Waals surface area (Å²) in [5, 5.41) is 0. The van der Waals surface area contributed by atoms with E-state index < -0.39 is 88.8 Å². The van der Waals surface area contributed by atoms with Crippen LogP contribution in [0.5, 0.6) is 0 Å². The summed E-state index contributed by atoms with van der Waals surface area (Å²) >= 11 is 0. The summed E-state index contributed by atoms with van der Waals surface area (Å²) in [6.07, 6.45) is 0. The first-order chi connectivity index (χ1) is 30.4. The van der Waals surface area contributed by atoms with Crippen LogP contribution in [0.1, 0.15) is 20.8 Å². The van der Waals surface area contributed by atoms with Gasteiger partial charge in [0.15, 0.2) is 0 Å². The highest BCUT2D eigenvalue weighted by Crippen LogP contribution is 2.28. The average Bonchev–Trinajstić information content (AvgIpc) is 3.31. The van der Waals surface area contributed by atoms with Crippen molar-refractivity contribution in [1.82, 2.24) is 0 Å². The summed E-state index contributed by atoms with van der Waals surface area (Å²) in [7, 11) is -9.85. The molecule has 1 unspecified atom stereocenters. The van der Waals surface area contributed by atoms with Gasteiger partial charge in [-0.05, 0) is 33.9 Å². The lowest BCUT2D eigenvalue weighted by Gasteiger charge is -2.40. The van der Waals surface area contributed by atoms with Gasteiger partial charge in [-0.2, -0.15) is 0 Å². The van der Waals surface area contributed by atoms with E-state index in [4.69, 9.17) is 109 Å². The maximum absolute atomic E-state index is 9.67.